The van der Waals surface area contributed by atoms with Gasteiger partial charge < -0.3 is 19.2 Å². The monoisotopic (exact) mass is 420 g/mol. The largest absolute Gasteiger partial charge is 0.496 e. The fourth-order valence-electron chi connectivity index (χ4n) is 3.98. The Hall–Kier alpha value is -3.36. The maximum atomic E-state index is 12.2. The Morgan fingerprint density at radius 3 is 2.90 bits per heavy atom. The van der Waals surface area contributed by atoms with Crippen LogP contribution < -0.4 is 15.0 Å². The van der Waals surface area contributed by atoms with Crippen molar-refractivity contribution in [2.75, 3.05) is 46.6 Å². The zero-order chi connectivity index (χ0) is 21.2. The van der Waals surface area contributed by atoms with E-state index in [4.69, 9.17) is 14.2 Å². The van der Waals surface area contributed by atoms with Gasteiger partial charge in [0.2, 0.25) is 0 Å². The first-order valence-corrected chi connectivity index (χ1v) is 10.3. The molecule has 31 heavy (non-hydrogen) atoms. The average Bonchev–Trinajstić information content (AvgIpc) is 3.22. The fourth-order valence-corrected chi connectivity index (χ4v) is 3.98. The molecule has 1 N–H and O–H groups in total. The Morgan fingerprint density at radius 2 is 2.06 bits per heavy atom. The quantitative estimate of drug-likeness (QED) is 0.516. The standard InChI is InChI=1S/C23H24N4O4/c1-29-20-13-17(12-16-2-4-24-23(28)22(16)20)19-15-25-21-14-18(3-5-27(19)21)31-11-8-26-6-9-30-10-7-26/h2-5,12-15H,6-11H2,1H3,(H,24,28). The first-order valence-electron chi connectivity index (χ1n) is 10.3. The third-order valence-corrected chi connectivity index (χ3v) is 5.62. The lowest BCUT2D eigenvalue weighted by Crippen LogP contribution is -2.38. The average molecular weight is 420 g/mol. The predicted molar refractivity (Wildman–Crippen MR) is 118 cm³/mol. The molecule has 0 aliphatic carbocycles. The van der Waals surface area contributed by atoms with Crippen LogP contribution in [0.25, 0.3) is 27.7 Å². The number of nitrogens with one attached hydrogen (secondary N) is 1. The Morgan fingerprint density at radius 1 is 1.19 bits per heavy atom. The van der Waals surface area contributed by atoms with Crippen molar-refractivity contribution in [1.29, 1.82) is 0 Å². The number of nitrogens with zero attached hydrogens (tertiary/aromatic N) is 3. The number of aromatic amines is 1. The molecule has 0 spiro atoms. The minimum atomic E-state index is -0.169. The number of hydrogen-bond donors (Lipinski definition) is 1. The van der Waals surface area contributed by atoms with E-state index in [1.54, 1.807) is 13.3 Å². The van der Waals surface area contributed by atoms with Gasteiger partial charge in [0.25, 0.3) is 5.56 Å². The van der Waals surface area contributed by atoms with E-state index in [1.807, 2.05) is 47.1 Å². The van der Waals surface area contributed by atoms with Crippen LogP contribution in [-0.4, -0.2) is 65.8 Å². The number of methoxy groups -OCH3 is 1. The van der Waals surface area contributed by atoms with Gasteiger partial charge in [0.15, 0.2) is 0 Å². The summed E-state index contributed by atoms with van der Waals surface area (Å²) in [7, 11) is 1.57. The molecule has 3 aromatic heterocycles. The van der Waals surface area contributed by atoms with Crippen molar-refractivity contribution in [3.8, 4) is 22.8 Å². The van der Waals surface area contributed by atoms with E-state index >= 15 is 0 Å². The normalized spacial score (nSPS) is 14.9. The zero-order valence-electron chi connectivity index (χ0n) is 17.3. The van der Waals surface area contributed by atoms with Crippen LogP contribution in [0.1, 0.15) is 0 Å². The van der Waals surface area contributed by atoms with E-state index in [-0.39, 0.29) is 5.56 Å². The van der Waals surface area contributed by atoms with E-state index in [0.29, 0.717) is 17.7 Å². The Balaban J connectivity index is 1.40. The summed E-state index contributed by atoms with van der Waals surface area (Å²) in [5.41, 5.74) is 2.46. The fraction of sp³-hybridized carbons (Fsp3) is 0.304. The summed E-state index contributed by atoms with van der Waals surface area (Å²) in [5, 5.41) is 1.36. The lowest BCUT2D eigenvalue weighted by Gasteiger charge is -2.26. The molecule has 0 amide bonds. The van der Waals surface area contributed by atoms with E-state index in [2.05, 4.69) is 14.9 Å². The van der Waals surface area contributed by atoms with E-state index in [1.165, 1.54) is 0 Å². The van der Waals surface area contributed by atoms with Crippen molar-refractivity contribution in [2.45, 2.75) is 0 Å². The van der Waals surface area contributed by atoms with Crippen LogP contribution in [0.4, 0.5) is 0 Å². The predicted octanol–water partition coefficient (Wildman–Crippen LogP) is 2.56. The molecule has 160 valence electrons. The number of H-pyrrole nitrogens is 1. The summed E-state index contributed by atoms with van der Waals surface area (Å²) in [5.74, 6) is 1.33. The van der Waals surface area contributed by atoms with Gasteiger partial charge in [-0.2, -0.15) is 0 Å². The smallest absolute Gasteiger partial charge is 0.259 e. The number of pyridine rings is 2. The summed E-state index contributed by atoms with van der Waals surface area (Å²) in [6, 6.07) is 9.59. The first kappa shape index (κ1) is 19.6. The van der Waals surface area contributed by atoms with Gasteiger partial charge in [-0.15, -0.1) is 0 Å². The molecule has 0 radical (unpaired) electrons. The molecule has 4 heterocycles. The summed E-state index contributed by atoms with van der Waals surface area (Å²) < 4.78 is 18.8. The van der Waals surface area contributed by atoms with Crippen molar-refractivity contribution >= 4 is 16.4 Å². The molecule has 0 atom stereocenters. The molecule has 4 aromatic rings. The van der Waals surface area contributed by atoms with Crippen LogP contribution in [0, 0.1) is 0 Å². The van der Waals surface area contributed by atoms with Crippen molar-refractivity contribution in [2.24, 2.45) is 0 Å². The lowest BCUT2D eigenvalue weighted by molar-refractivity contribution is 0.0322. The highest BCUT2D eigenvalue weighted by molar-refractivity contribution is 5.91. The number of ether oxygens (including phenoxy) is 3. The van der Waals surface area contributed by atoms with Gasteiger partial charge in [-0.1, -0.05) is 0 Å². The van der Waals surface area contributed by atoms with E-state index < -0.39 is 0 Å². The second kappa shape index (κ2) is 8.41. The first-order chi connectivity index (χ1) is 15.2. The molecule has 8 nitrogen and oxygen atoms in total. The molecule has 8 heteroatoms. The zero-order valence-corrected chi connectivity index (χ0v) is 17.3. The van der Waals surface area contributed by atoms with Crippen molar-refractivity contribution in [1.82, 2.24) is 19.3 Å². The second-order valence-electron chi connectivity index (χ2n) is 7.49. The van der Waals surface area contributed by atoms with Crippen LogP contribution >= 0.6 is 0 Å². The van der Waals surface area contributed by atoms with Crippen molar-refractivity contribution in [3.63, 3.8) is 0 Å². The number of rotatable bonds is 6. The molecule has 1 aliphatic heterocycles. The molecule has 1 aliphatic rings. The van der Waals surface area contributed by atoms with E-state index in [0.717, 1.165) is 60.9 Å². The Kier molecular flexibility index (Phi) is 5.31. The molecule has 0 bridgehead atoms. The molecule has 0 unspecified atom stereocenters. The highest BCUT2D eigenvalue weighted by atomic mass is 16.5. The number of imidazole rings is 1. The summed E-state index contributed by atoms with van der Waals surface area (Å²) >= 11 is 0. The third kappa shape index (κ3) is 3.87. The van der Waals surface area contributed by atoms with Crippen LogP contribution in [0.15, 0.2) is 53.7 Å². The van der Waals surface area contributed by atoms with Crippen molar-refractivity contribution in [3.05, 3.63) is 59.3 Å². The molecule has 0 saturated carbocycles. The maximum Gasteiger partial charge on any atom is 0.259 e. The van der Waals surface area contributed by atoms with Gasteiger partial charge in [0.1, 0.15) is 23.8 Å². The Labute approximate surface area is 179 Å². The molecule has 1 fully saturated rings. The van der Waals surface area contributed by atoms with Gasteiger partial charge >= 0.3 is 0 Å². The minimum Gasteiger partial charge on any atom is -0.496 e. The number of fused-ring (bicyclic) bond motifs is 2. The van der Waals surface area contributed by atoms with Gasteiger partial charge in [-0.05, 0) is 29.7 Å². The third-order valence-electron chi connectivity index (χ3n) is 5.62. The molecular weight excluding hydrogens is 396 g/mol. The summed E-state index contributed by atoms with van der Waals surface area (Å²) in [4.78, 5) is 21.8. The molecule has 5 rings (SSSR count). The van der Waals surface area contributed by atoms with Crippen LogP contribution in [0.3, 0.4) is 0 Å². The van der Waals surface area contributed by atoms with Crippen molar-refractivity contribution < 1.29 is 14.2 Å². The molecule has 1 aromatic carbocycles. The maximum absolute atomic E-state index is 12.2. The lowest BCUT2D eigenvalue weighted by atomic mass is 10.1. The number of morpholine rings is 1. The van der Waals surface area contributed by atoms with E-state index in [9.17, 15) is 4.79 Å². The highest BCUT2D eigenvalue weighted by Gasteiger charge is 2.13. The van der Waals surface area contributed by atoms with Crippen LogP contribution in [0.2, 0.25) is 0 Å². The van der Waals surface area contributed by atoms with Gasteiger partial charge in [0.05, 0.1) is 37.6 Å². The topological polar surface area (TPSA) is 81.1 Å². The molecular formula is C23H24N4O4. The SMILES string of the molecule is COc1cc(-c2cnc3cc(OCCN4CCOCC4)ccn23)cc2cc[nH]c(=O)c12. The highest BCUT2D eigenvalue weighted by Crippen LogP contribution is 2.31. The molecule has 1 saturated heterocycles. The van der Waals surface area contributed by atoms with Gasteiger partial charge in [-0.25, -0.2) is 4.98 Å². The van der Waals surface area contributed by atoms with Crippen LogP contribution in [-0.2, 0) is 4.74 Å². The number of hydrogen-bond acceptors (Lipinski definition) is 6. The summed E-state index contributed by atoms with van der Waals surface area (Å²) in [6.45, 7) is 4.98. The van der Waals surface area contributed by atoms with Gasteiger partial charge in [-0.3, -0.25) is 14.1 Å². The number of aromatic nitrogens is 3. The Bertz CT molecular complexity index is 1270. The van der Waals surface area contributed by atoms with Crippen LogP contribution in [0.5, 0.6) is 11.5 Å². The minimum absolute atomic E-state index is 0.169. The number of benzene rings is 1. The van der Waals surface area contributed by atoms with Gasteiger partial charge in [0, 0.05) is 43.7 Å². The second-order valence-corrected chi connectivity index (χ2v) is 7.49. The summed E-state index contributed by atoms with van der Waals surface area (Å²) in [6.07, 6.45) is 5.42.